The van der Waals surface area contributed by atoms with Crippen molar-refractivity contribution in [2.75, 3.05) is 0 Å². The highest BCUT2D eigenvalue weighted by atomic mass is 35.5. The highest BCUT2D eigenvalue weighted by Gasteiger charge is 2.31. The van der Waals surface area contributed by atoms with Crippen molar-refractivity contribution in [1.82, 2.24) is 9.97 Å². The van der Waals surface area contributed by atoms with Crippen molar-refractivity contribution in [3.8, 4) is 0 Å². The molecule has 0 aliphatic heterocycles. The van der Waals surface area contributed by atoms with Gasteiger partial charge in [0.2, 0.25) is 0 Å². The van der Waals surface area contributed by atoms with Crippen molar-refractivity contribution in [3.05, 3.63) is 18.2 Å². The van der Waals surface area contributed by atoms with Crippen molar-refractivity contribution in [1.29, 1.82) is 0 Å². The van der Waals surface area contributed by atoms with E-state index in [9.17, 15) is 13.2 Å². The van der Waals surface area contributed by atoms with E-state index in [0.717, 1.165) is 0 Å². The van der Waals surface area contributed by atoms with Crippen LogP contribution in [0, 0.1) is 0 Å². The zero-order valence-corrected chi connectivity index (χ0v) is 7.36. The van der Waals surface area contributed by atoms with Crippen molar-refractivity contribution in [2.24, 2.45) is 0 Å². The van der Waals surface area contributed by atoms with E-state index >= 15 is 0 Å². The summed E-state index contributed by atoms with van der Waals surface area (Å²) in [6, 6.07) is 0. The summed E-state index contributed by atoms with van der Waals surface area (Å²) in [6.45, 7) is 0. The minimum atomic E-state index is -4.21. The monoisotopic (exact) mass is 212 g/mol. The average Bonchev–Trinajstić information content (AvgIpc) is 2.34. The van der Waals surface area contributed by atoms with E-state index < -0.39 is 18.0 Å². The van der Waals surface area contributed by atoms with Crippen LogP contribution in [-0.2, 0) is 6.42 Å². The van der Waals surface area contributed by atoms with Crippen molar-refractivity contribution < 1.29 is 13.2 Å². The molecule has 1 unspecified atom stereocenters. The van der Waals surface area contributed by atoms with Gasteiger partial charge in [0.15, 0.2) is 0 Å². The van der Waals surface area contributed by atoms with Gasteiger partial charge in [0.05, 0.1) is 6.42 Å². The number of imidazole rings is 1. The van der Waals surface area contributed by atoms with E-state index in [1.54, 1.807) is 6.20 Å². The van der Waals surface area contributed by atoms with Gasteiger partial charge < -0.3 is 4.98 Å². The third kappa shape index (κ3) is 4.17. The summed E-state index contributed by atoms with van der Waals surface area (Å²) in [5.74, 6) is 0.476. The number of rotatable bonds is 3. The molecule has 1 atom stereocenters. The molecule has 6 heteroatoms. The summed E-state index contributed by atoms with van der Waals surface area (Å²) < 4.78 is 35.5. The Labute approximate surface area is 78.1 Å². The van der Waals surface area contributed by atoms with Crippen LogP contribution in [0.15, 0.2) is 12.4 Å². The zero-order valence-electron chi connectivity index (χ0n) is 6.61. The Morgan fingerprint density at radius 3 is 2.69 bits per heavy atom. The zero-order chi connectivity index (χ0) is 9.90. The standard InChI is InChI=1S/C7H8ClF3N2/c8-5(4-7(9,10)11)3-6-12-1-2-13-6/h1-2,5H,3-4H2,(H,12,13). The molecule has 13 heavy (non-hydrogen) atoms. The minimum Gasteiger partial charge on any atom is -0.349 e. The fourth-order valence-corrected chi connectivity index (χ4v) is 1.26. The van der Waals surface area contributed by atoms with E-state index in [1.165, 1.54) is 6.20 Å². The summed E-state index contributed by atoms with van der Waals surface area (Å²) in [5.41, 5.74) is 0. The number of H-pyrrole nitrogens is 1. The molecule has 1 aromatic heterocycles. The van der Waals surface area contributed by atoms with Crippen molar-refractivity contribution in [3.63, 3.8) is 0 Å². The largest absolute Gasteiger partial charge is 0.390 e. The van der Waals surface area contributed by atoms with Crippen LogP contribution in [0.4, 0.5) is 13.2 Å². The molecule has 1 aromatic rings. The van der Waals surface area contributed by atoms with Gasteiger partial charge in [0, 0.05) is 24.2 Å². The fourth-order valence-electron chi connectivity index (χ4n) is 0.943. The Hall–Kier alpha value is -0.710. The molecule has 0 radical (unpaired) electrons. The molecular weight excluding hydrogens is 205 g/mol. The molecule has 0 saturated carbocycles. The molecule has 0 fully saturated rings. The second-order valence-corrected chi connectivity index (χ2v) is 3.27. The number of hydrogen-bond donors (Lipinski definition) is 1. The summed E-state index contributed by atoms with van der Waals surface area (Å²) in [6.07, 6.45) is -2.07. The molecule has 1 heterocycles. The molecule has 2 nitrogen and oxygen atoms in total. The normalized spacial score (nSPS) is 14.5. The van der Waals surface area contributed by atoms with Crippen LogP contribution in [-0.4, -0.2) is 21.5 Å². The Kier molecular flexibility index (Phi) is 3.19. The average molecular weight is 213 g/mol. The second kappa shape index (κ2) is 4.00. The van der Waals surface area contributed by atoms with Gasteiger partial charge >= 0.3 is 6.18 Å². The number of halogens is 4. The van der Waals surface area contributed by atoms with E-state index in [2.05, 4.69) is 9.97 Å². The summed E-state index contributed by atoms with van der Waals surface area (Å²) in [4.78, 5) is 6.47. The number of aromatic nitrogens is 2. The van der Waals surface area contributed by atoms with E-state index in [4.69, 9.17) is 11.6 Å². The van der Waals surface area contributed by atoms with Gasteiger partial charge in [0.1, 0.15) is 5.82 Å². The highest BCUT2D eigenvalue weighted by molar-refractivity contribution is 6.20. The van der Waals surface area contributed by atoms with Crippen molar-refractivity contribution >= 4 is 11.6 Å². The molecule has 0 amide bonds. The van der Waals surface area contributed by atoms with Crippen molar-refractivity contribution in [2.45, 2.75) is 24.4 Å². The lowest BCUT2D eigenvalue weighted by Crippen LogP contribution is -2.17. The lowest BCUT2D eigenvalue weighted by atomic mass is 10.2. The molecule has 0 saturated heterocycles. The summed E-state index contributed by atoms with van der Waals surface area (Å²) in [7, 11) is 0. The molecule has 0 aliphatic rings. The lowest BCUT2D eigenvalue weighted by Gasteiger charge is -2.10. The van der Waals surface area contributed by atoms with Gasteiger partial charge in [-0.15, -0.1) is 11.6 Å². The second-order valence-electron chi connectivity index (χ2n) is 2.66. The van der Waals surface area contributed by atoms with Gasteiger partial charge in [-0.05, 0) is 0 Å². The molecular formula is C7H8ClF3N2. The first-order valence-corrected chi connectivity index (χ1v) is 4.10. The first-order chi connectivity index (χ1) is 5.97. The third-order valence-electron chi connectivity index (χ3n) is 1.42. The summed E-state index contributed by atoms with van der Waals surface area (Å²) in [5, 5.41) is -0.953. The van der Waals surface area contributed by atoms with Crippen LogP contribution in [0.5, 0.6) is 0 Å². The number of aromatic amines is 1. The lowest BCUT2D eigenvalue weighted by molar-refractivity contribution is -0.134. The predicted octanol–water partition coefficient (Wildman–Crippen LogP) is 2.51. The third-order valence-corrected chi connectivity index (χ3v) is 1.73. The minimum absolute atomic E-state index is 0.105. The van der Waals surface area contributed by atoms with E-state index in [1.807, 2.05) is 0 Å². The molecule has 0 bridgehead atoms. The van der Waals surface area contributed by atoms with Crippen LogP contribution in [0.1, 0.15) is 12.2 Å². The number of nitrogens with one attached hydrogen (secondary N) is 1. The van der Waals surface area contributed by atoms with Crippen LogP contribution in [0.2, 0.25) is 0 Å². The molecule has 1 rings (SSSR count). The number of hydrogen-bond acceptors (Lipinski definition) is 1. The molecule has 74 valence electrons. The highest BCUT2D eigenvalue weighted by Crippen LogP contribution is 2.25. The van der Waals surface area contributed by atoms with E-state index in [-0.39, 0.29) is 6.42 Å². The van der Waals surface area contributed by atoms with Gasteiger partial charge in [0.25, 0.3) is 0 Å². The van der Waals surface area contributed by atoms with Gasteiger partial charge in [-0.25, -0.2) is 4.98 Å². The van der Waals surface area contributed by atoms with Gasteiger partial charge in [-0.3, -0.25) is 0 Å². The maximum absolute atomic E-state index is 11.8. The molecule has 0 aliphatic carbocycles. The summed E-state index contributed by atoms with van der Waals surface area (Å²) >= 11 is 5.48. The quantitative estimate of drug-likeness (QED) is 0.767. The van der Waals surface area contributed by atoms with Crippen LogP contribution < -0.4 is 0 Å². The maximum atomic E-state index is 11.8. The van der Waals surface area contributed by atoms with Gasteiger partial charge in [-0.2, -0.15) is 13.2 Å². The Bertz CT molecular complexity index is 245. The van der Waals surface area contributed by atoms with E-state index in [0.29, 0.717) is 5.82 Å². The Balaban J connectivity index is 2.38. The van der Waals surface area contributed by atoms with Crippen LogP contribution in [0.25, 0.3) is 0 Å². The smallest absolute Gasteiger partial charge is 0.349 e. The van der Waals surface area contributed by atoms with Gasteiger partial charge in [-0.1, -0.05) is 0 Å². The first kappa shape index (κ1) is 10.4. The topological polar surface area (TPSA) is 28.7 Å². The SMILES string of the molecule is FC(F)(F)CC(Cl)Cc1ncc[nH]1. The fraction of sp³-hybridized carbons (Fsp3) is 0.571. The molecule has 1 N–H and O–H groups in total. The number of alkyl halides is 4. The number of nitrogens with zero attached hydrogens (tertiary/aromatic N) is 1. The Morgan fingerprint density at radius 1 is 1.54 bits per heavy atom. The molecule has 0 spiro atoms. The Morgan fingerprint density at radius 2 is 2.23 bits per heavy atom. The van der Waals surface area contributed by atoms with Crippen LogP contribution in [0.3, 0.4) is 0 Å². The predicted molar refractivity (Wildman–Crippen MR) is 42.6 cm³/mol. The van der Waals surface area contributed by atoms with Crippen LogP contribution >= 0.6 is 11.6 Å². The first-order valence-electron chi connectivity index (χ1n) is 3.66. The maximum Gasteiger partial charge on any atom is 0.390 e. The molecule has 0 aromatic carbocycles.